The lowest BCUT2D eigenvalue weighted by Crippen LogP contribution is -2.22. The molecule has 0 aliphatic rings. The first-order valence-electron chi connectivity index (χ1n) is 8.73. The van der Waals surface area contributed by atoms with E-state index in [0.29, 0.717) is 22.0 Å². The number of fused-ring (bicyclic) bond motifs is 1. The van der Waals surface area contributed by atoms with Gasteiger partial charge in [0.1, 0.15) is 0 Å². The molecule has 0 aliphatic carbocycles. The van der Waals surface area contributed by atoms with Gasteiger partial charge in [-0.1, -0.05) is 49.9 Å². The number of para-hydroxylation sites is 1. The standard InChI is InChI=1S/C21H21N3OS/c1-4-14(2)16-9-11-17(12-10-16)24-20(25)18-7-5-6-8-19(18)23-21(24)26-15(3)13-22/h5-12,14-15H,4H2,1-3H3/t14-,15-/m0/s1. The van der Waals surface area contributed by atoms with Gasteiger partial charge >= 0.3 is 0 Å². The van der Waals surface area contributed by atoms with Gasteiger partial charge in [-0.25, -0.2) is 4.98 Å². The Hall–Kier alpha value is -2.58. The summed E-state index contributed by atoms with van der Waals surface area (Å²) in [6.45, 7) is 6.16. The number of aromatic nitrogens is 2. The average molecular weight is 363 g/mol. The van der Waals surface area contributed by atoms with E-state index < -0.39 is 0 Å². The number of nitrogens with zero attached hydrogens (tertiary/aromatic N) is 3. The van der Waals surface area contributed by atoms with Crippen LogP contribution < -0.4 is 5.56 Å². The molecule has 1 heterocycles. The zero-order valence-corrected chi connectivity index (χ0v) is 16.0. The van der Waals surface area contributed by atoms with Gasteiger partial charge in [0.25, 0.3) is 5.56 Å². The molecule has 0 amide bonds. The predicted molar refractivity (Wildman–Crippen MR) is 107 cm³/mol. The number of nitriles is 1. The van der Waals surface area contributed by atoms with Gasteiger partial charge in [0.2, 0.25) is 0 Å². The average Bonchev–Trinajstić information content (AvgIpc) is 2.67. The van der Waals surface area contributed by atoms with Crippen LogP contribution in [0.15, 0.2) is 58.5 Å². The molecule has 0 saturated heterocycles. The quantitative estimate of drug-likeness (QED) is 0.478. The van der Waals surface area contributed by atoms with Crippen LogP contribution in [0.4, 0.5) is 0 Å². The predicted octanol–water partition coefficient (Wildman–Crippen LogP) is 4.90. The number of hydrogen-bond acceptors (Lipinski definition) is 4. The molecule has 5 heteroatoms. The van der Waals surface area contributed by atoms with E-state index in [2.05, 4.69) is 37.0 Å². The molecule has 26 heavy (non-hydrogen) atoms. The third-order valence-corrected chi connectivity index (χ3v) is 5.49. The molecule has 4 nitrogen and oxygen atoms in total. The highest BCUT2D eigenvalue weighted by Crippen LogP contribution is 2.26. The Labute approximate surface area is 157 Å². The summed E-state index contributed by atoms with van der Waals surface area (Å²) in [6.07, 6.45) is 1.07. The molecule has 1 aromatic heterocycles. The van der Waals surface area contributed by atoms with Gasteiger partial charge in [0.15, 0.2) is 5.16 Å². The summed E-state index contributed by atoms with van der Waals surface area (Å²) in [7, 11) is 0. The highest BCUT2D eigenvalue weighted by atomic mass is 32.2. The Balaban J connectivity index is 2.19. The molecule has 0 bridgehead atoms. The Kier molecular flexibility index (Phi) is 5.43. The summed E-state index contributed by atoms with van der Waals surface area (Å²) in [4.78, 5) is 17.8. The highest BCUT2D eigenvalue weighted by molar-refractivity contribution is 8.00. The van der Waals surface area contributed by atoms with E-state index in [9.17, 15) is 10.1 Å². The van der Waals surface area contributed by atoms with Crippen LogP contribution in [0.3, 0.4) is 0 Å². The van der Waals surface area contributed by atoms with Crippen LogP contribution in [0, 0.1) is 11.3 Å². The van der Waals surface area contributed by atoms with Crippen molar-refractivity contribution in [2.75, 3.05) is 0 Å². The summed E-state index contributed by atoms with van der Waals surface area (Å²) < 4.78 is 1.61. The van der Waals surface area contributed by atoms with Crippen molar-refractivity contribution in [3.05, 3.63) is 64.4 Å². The molecule has 0 N–H and O–H groups in total. The molecule has 0 saturated carbocycles. The minimum absolute atomic E-state index is 0.112. The third-order valence-electron chi connectivity index (χ3n) is 4.54. The number of rotatable bonds is 5. The number of benzene rings is 2. The molecule has 2 atom stereocenters. The summed E-state index contributed by atoms with van der Waals surface area (Å²) in [5.41, 5.74) is 2.56. The van der Waals surface area contributed by atoms with Crippen molar-refractivity contribution in [1.82, 2.24) is 9.55 Å². The van der Waals surface area contributed by atoms with Crippen molar-refractivity contribution in [2.45, 2.75) is 43.5 Å². The SMILES string of the molecule is CC[C@H](C)c1ccc(-n2c(S[C@@H](C)C#N)nc3ccccc3c2=O)cc1. The maximum atomic E-state index is 13.1. The van der Waals surface area contributed by atoms with Gasteiger partial charge in [-0.2, -0.15) is 5.26 Å². The minimum atomic E-state index is -0.298. The molecule has 0 aliphatic heterocycles. The van der Waals surface area contributed by atoms with Crippen molar-refractivity contribution in [1.29, 1.82) is 5.26 Å². The fraction of sp³-hybridized carbons (Fsp3) is 0.286. The normalized spacial score (nSPS) is 13.3. The van der Waals surface area contributed by atoms with Crippen LogP contribution in [0.2, 0.25) is 0 Å². The van der Waals surface area contributed by atoms with Gasteiger partial charge in [-0.15, -0.1) is 0 Å². The van der Waals surface area contributed by atoms with Crippen LogP contribution in [-0.4, -0.2) is 14.8 Å². The molecule has 0 spiro atoms. The Morgan fingerprint density at radius 3 is 2.50 bits per heavy atom. The van der Waals surface area contributed by atoms with E-state index in [1.165, 1.54) is 17.3 Å². The second-order valence-electron chi connectivity index (χ2n) is 6.34. The summed E-state index contributed by atoms with van der Waals surface area (Å²) in [6, 6.07) is 17.6. The van der Waals surface area contributed by atoms with E-state index in [0.717, 1.165) is 12.1 Å². The summed E-state index contributed by atoms with van der Waals surface area (Å²) >= 11 is 1.30. The first-order valence-corrected chi connectivity index (χ1v) is 9.61. The Bertz CT molecular complexity index is 1020. The van der Waals surface area contributed by atoms with Crippen molar-refractivity contribution in [3.8, 4) is 11.8 Å². The van der Waals surface area contributed by atoms with E-state index in [-0.39, 0.29) is 10.8 Å². The van der Waals surface area contributed by atoms with Crippen molar-refractivity contribution in [2.24, 2.45) is 0 Å². The first kappa shape index (κ1) is 18.2. The first-order chi connectivity index (χ1) is 12.5. The Morgan fingerprint density at radius 1 is 1.15 bits per heavy atom. The lowest BCUT2D eigenvalue weighted by molar-refractivity contribution is 0.732. The van der Waals surface area contributed by atoms with Crippen LogP contribution in [-0.2, 0) is 0 Å². The van der Waals surface area contributed by atoms with E-state index >= 15 is 0 Å². The van der Waals surface area contributed by atoms with Crippen LogP contribution in [0.1, 0.15) is 38.7 Å². The van der Waals surface area contributed by atoms with E-state index in [4.69, 9.17) is 0 Å². The molecule has 0 unspecified atom stereocenters. The van der Waals surface area contributed by atoms with Gasteiger partial charge in [-0.3, -0.25) is 9.36 Å². The third kappa shape index (κ3) is 3.51. The molecular formula is C21H21N3OS. The molecule has 2 aromatic carbocycles. The zero-order valence-electron chi connectivity index (χ0n) is 15.1. The topological polar surface area (TPSA) is 58.7 Å². The Morgan fingerprint density at radius 2 is 1.85 bits per heavy atom. The minimum Gasteiger partial charge on any atom is -0.268 e. The van der Waals surface area contributed by atoms with Crippen LogP contribution in [0.25, 0.3) is 16.6 Å². The summed E-state index contributed by atoms with van der Waals surface area (Å²) in [5.74, 6) is 0.475. The second kappa shape index (κ2) is 7.76. The van der Waals surface area contributed by atoms with Crippen molar-refractivity contribution >= 4 is 22.7 Å². The number of hydrogen-bond donors (Lipinski definition) is 0. The summed E-state index contributed by atoms with van der Waals surface area (Å²) in [5, 5.41) is 10.00. The van der Waals surface area contributed by atoms with E-state index in [1.54, 1.807) is 10.6 Å². The maximum absolute atomic E-state index is 13.1. The molecule has 0 fully saturated rings. The fourth-order valence-electron chi connectivity index (χ4n) is 2.79. The maximum Gasteiger partial charge on any atom is 0.266 e. The molecular weight excluding hydrogens is 342 g/mol. The number of thioether (sulfide) groups is 1. The van der Waals surface area contributed by atoms with Crippen molar-refractivity contribution < 1.29 is 0 Å². The second-order valence-corrected chi connectivity index (χ2v) is 7.65. The smallest absolute Gasteiger partial charge is 0.266 e. The molecule has 3 rings (SSSR count). The monoisotopic (exact) mass is 363 g/mol. The zero-order chi connectivity index (χ0) is 18.7. The van der Waals surface area contributed by atoms with Gasteiger partial charge in [-0.05, 0) is 49.1 Å². The lowest BCUT2D eigenvalue weighted by Gasteiger charge is -2.15. The molecule has 3 aromatic rings. The van der Waals surface area contributed by atoms with Gasteiger partial charge in [0, 0.05) is 0 Å². The fourth-order valence-corrected chi connectivity index (χ4v) is 3.60. The molecule has 132 valence electrons. The molecule has 0 radical (unpaired) electrons. The highest BCUT2D eigenvalue weighted by Gasteiger charge is 2.16. The van der Waals surface area contributed by atoms with Gasteiger partial charge in [0.05, 0.1) is 27.9 Å². The van der Waals surface area contributed by atoms with Crippen LogP contribution >= 0.6 is 11.8 Å². The van der Waals surface area contributed by atoms with Crippen molar-refractivity contribution in [3.63, 3.8) is 0 Å². The largest absolute Gasteiger partial charge is 0.268 e. The van der Waals surface area contributed by atoms with E-state index in [1.807, 2.05) is 37.3 Å². The van der Waals surface area contributed by atoms with Gasteiger partial charge < -0.3 is 0 Å². The lowest BCUT2D eigenvalue weighted by atomic mass is 9.98. The van der Waals surface area contributed by atoms with Crippen LogP contribution in [0.5, 0.6) is 0 Å².